The summed E-state index contributed by atoms with van der Waals surface area (Å²) < 4.78 is 8.60. The van der Waals surface area contributed by atoms with Crippen LogP contribution in [0.4, 0.5) is 0 Å². The number of hydrogen-bond acceptors (Lipinski definition) is 5. The highest BCUT2D eigenvalue weighted by atomic mass is 16.5. The maximum absolute atomic E-state index is 13.1. The Bertz CT molecular complexity index is 1220. The van der Waals surface area contributed by atoms with Crippen LogP contribution in [0.15, 0.2) is 53.3 Å². The second-order valence-electron chi connectivity index (χ2n) is 9.16. The largest absolute Gasteiger partial charge is 0.462 e. The normalized spacial score (nSPS) is 14.8. The minimum absolute atomic E-state index is 0.0289. The van der Waals surface area contributed by atoms with Gasteiger partial charge in [0.1, 0.15) is 17.8 Å². The Kier molecular flexibility index (Phi) is 7.80. The fourth-order valence-electron chi connectivity index (χ4n) is 4.55. The Morgan fingerprint density at radius 2 is 1.60 bits per heavy atom. The predicted molar refractivity (Wildman–Crippen MR) is 135 cm³/mol. The zero-order valence-corrected chi connectivity index (χ0v) is 20.2. The van der Waals surface area contributed by atoms with E-state index in [4.69, 9.17) is 15.9 Å². The third kappa shape index (κ3) is 6.07. The highest BCUT2D eigenvalue weighted by molar-refractivity contribution is 5.95. The molecule has 4 rings (SSSR count). The Morgan fingerprint density at radius 3 is 2.23 bits per heavy atom. The van der Waals surface area contributed by atoms with E-state index in [0.29, 0.717) is 35.6 Å². The standard InChI is InChI=1S/C27H33N5O3/c1-19-30-32(23-16-12-21(13-17-23)26(28)29)27(34)31(19)22-14-9-20(10-15-22)11-18-25(33)35-24-7-5-3-2-4-6-8-24/h9-10,12-17,24H,2-8,11,18H2,1H3,(H3,28,29). The summed E-state index contributed by atoms with van der Waals surface area (Å²) in [6.45, 7) is 1.78. The van der Waals surface area contributed by atoms with Gasteiger partial charge in [-0.15, -0.1) is 5.10 Å². The molecule has 8 heteroatoms. The summed E-state index contributed by atoms with van der Waals surface area (Å²) >= 11 is 0. The molecule has 0 atom stereocenters. The summed E-state index contributed by atoms with van der Waals surface area (Å²) in [5.74, 6) is 0.392. The van der Waals surface area contributed by atoms with Crippen molar-refractivity contribution >= 4 is 11.8 Å². The summed E-state index contributed by atoms with van der Waals surface area (Å²) in [6.07, 6.45) is 8.99. The van der Waals surface area contributed by atoms with Crippen molar-refractivity contribution in [1.29, 1.82) is 5.41 Å². The van der Waals surface area contributed by atoms with Gasteiger partial charge in [-0.1, -0.05) is 31.4 Å². The van der Waals surface area contributed by atoms with E-state index in [0.717, 1.165) is 31.2 Å². The second-order valence-corrected chi connectivity index (χ2v) is 9.16. The smallest absolute Gasteiger partial charge is 0.355 e. The lowest BCUT2D eigenvalue weighted by Gasteiger charge is -2.20. The zero-order chi connectivity index (χ0) is 24.8. The first-order valence-corrected chi connectivity index (χ1v) is 12.3. The van der Waals surface area contributed by atoms with Crippen LogP contribution in [-0.4, -0.2) is 32.3 Å². The fraction of sp³-hybridized carbons (Fsp3) is 0.407. The lowest BCUT2D eigenvalue weighted by atomic mass is 9.98. The number of nitrogens with one attached hydrogen (secondary N) is 1. The summed E-state index contributed by atoms with van der Waals surface area (Å²) in [4.78, 5) is 25.4. The predicted octanol–water partition coefficient (Wildman–Crippen LogP) is 4.20. The maximum Gasteiger partial charge on any atom is 0.355 e. The molecule has 3 aromatic rings. The van der Waals surface area contributed by atoms with E-state index in [-0.39, 0.29) is 23.6 Å². The lowest BCUT2D eigenvalue weighted by Crippen LogP contribution is -2.23. The Labute approximate surface area is 205 Å². The number of ether oxygens (including phenoxy) is 1. The van der Waals surface area contributed by atoms with Crippen molar-refractivity contribution in [2.45, 2.75) is 70.8 Å². The van der Waals surface area contributed by atoms with Gasteiger partial charge in [-0.05, 0) is 81.0 Å². The zero-order valence-electron chi connectivity index (χ0n) is 20.2. The second kappa shape index (κ2) is 11.2. The van der Waals surface area contributed by atoms with Gasteiger partial charge in [0.25, 0.3) is 0 Å². The van der Waals surface area contributed by atoms with Crippen molar-refractivity contribution in [2.24, 2.45) is 5.73 Å². The molecule has 1 aliphatic carbocycles. The number of carbonyl (C=O) groups excluding carboxylic acids is 1. The summed E-state index contributed by atoms with van der Waals surface area (Å²) in [6, 6.07) is 14.4. The Balaban J connectivity index is 1.40. The van der Waals surface area contributed by atoms with E-state index >= 15 is 0 Å². The molecule has 0 radical (unpaired) electrons. The number of aryl methyl sites for hydroxylation is 2. The van der Waals surface area contributed by atoms with Gasteiger partial charge in [-0.25, -0.2) is 9.36 Å². The van der Waals surface area contributed by atoms with Gasteiger partial charge < -0.3 is 10.5 Å². The molecule has 1 aromatic heterocycles. The molecule has 1 saturated carbocycles. The number of nitrogens with two attached hydrogens (primary N) is 1. The van der Waals surface area contributed by atoms with Crippen LogP contribution in [0.2, 0.25) is 0 Å². The van der Waals surface area contributed by atoms with E-state index in [2.05, 4.69) is 5.10 Å². The number of esters is 1. The van der Waals surface area contributed by atoms with Crippen LogP contribution in [0.25, 0.3) is 11.4 Å². The van der Waals surface area contributed by atoms with E-state index in [1.54, 1.807) is 35.8 Å². The molecule has 0 bridgehead atoms. The van der Waals surface area contributed by atoms with Crippen LogP contribution in [0.1, 0.15) is 68.3 Å². The Hall–Kier alpha value is -3.68. The van der Waals surface area contributed by atoms with Crippen LogP contribution in [0, 0.1) is 12.3 Å². The van der Waals surface area contributed by atoms with E-state index in [1.165, 1.54) is 23.9 Å². The topological polar surface area (TPSA) is 116 Å². The highest BCUT2D eigenvalue weighted by Crippen LogP contribution is 2.20. The number of rotatable bonds is 7. The molecule has 3 N–H and O–H groups in total. The number of nitrogen functional groups attached to an aromatic ring is 1. The summed E-state index contributed by atoms with van der Waals surface area (Å²) in [5.41, 5.74) is 8.13. The fourth-order valence-corrected chi connectivity index (χ4v) is 4.55. The van der Waals surface area contributed by atoms with Gasteiger partial charge in [-0.3, -0.25) is 10.2 Å². The molecular formula is C27H33N5O3. The molecule has 1 fully saturated rings. The monoisotopic (exact) mass is 475 g/mol. The van der Waals surface area contributed by atoms with Crippen molar-refractivity contribution in [3.05, 3.63) is 76.0 Å². The van der Waals surface area contributed by atoms with Crippen LogP contribution in [0.3, 0.4) is 0 Å². The molecule has 0 amide bonds. The number of hydrogen-bond donors (Lipinski definition) is 2. The minimum atomic E-state index is -0.284. The molecule has 0 spiro atoms. The van der Waals surface area contributed by atoms with Crippen molar-refractivity contribution in [3.8, 4) is 11.4 Å². The molecule has 8 nitrogen and oxygen atoms in total. The Morgan fingerprint density at radius 1 is 1.00 bits per heavy atom. The maximum atomic E-state index is 13.1. The average Bonchev–Trinajstić information content (AvgIpc) is 3.13. The number of amidine groups is 1. The molecule has 0 aliphatic heterocycles. The molecule has 35 heavy (non-hydrogen) atoms. The summed E-state index contributed by atoms with van der Waals surface area (Å²) in [7, 11) is 0. The van der Waals surface area contributed by atoms with Gasteiger partial charge in [0, 0.05) is 12.0 Å². The number of aromatic nitrogens is 3. The SMILES string of the molecule is Cc1nn(-c2ccc(C(=N)N)cc2)c(=O)n1-c1ccc(CCC(=O)OC2CCCCCCC2)cc1. The quantitative estimate of drug-likeness (QED) is 0.302. The van der Waals surface area contributed by atoms with E-state index in [1.807, 2.05) is 24.3 Å². The molecule has 0 saturated heterocycles. The van der Waals surface area contributed by atoms with Gasteiger partial charge in [-0.2, -0.15) is 4.68 Å². The van der Waals surface area contributed by atoms with Crippen molar-refractivity contribution in [2.75, 3.05) is 0 Å². The van der Waals surface area contributed by atoms with Gasteiger partial charge in [0.05, 0.1) is 11.4 Å². The number of benzene rings is 2. The minimum Gasteiger partial charge on any atom is -0.462 e. The molecule has 1 heterocycles. The van der Waals surface area contributed by atoms with Gasteiger partial charge >= 0.3 is 11.7 Å². The third-order valence-electron chi connectivity index (χ3n) is 6.53. The first-order chi connectivity index (χ1) is 16.9. The van der Waals surface area contributed by atoms with Crippen LogP contribution < -0.4 is 11.4 Å². The van der Waals surface area contributed by atoms with E-state index in [9.17, 15) is 9.59 Å². The van der Waals surface area contributed by atoms with Gasteiger partial charge in [0.2, 0.25) is 0 Å². The van der Waals surface area contributed by atoms with Crippen molar-refractivity contribution < 1.29 is 9.53 Å². The summed E-state index contributed by atoms with van der Waals surface area (Å²) in [5, 5.41) is 11.9. The number of nitrogens with zero attached hydrogens (tertiary/aromatic N) is 3. The molecule has 184 valence electrons. The molecule has 1 aliphatic rings. The van der Waals surface area contributed by atoms with Gasteiger partial charge in [0.15, 0.2) is 0 Å². The first kappa shape index (κ1) is 24.4. The molecular weight excluding hydrogens is 442 g/mol. The van der Waals surface area contributed by atoms with E-state index < -0.39 is 0 Å². The van der Waals surface area contributed by atoms with Crippen molar-refractivity contribution in [3.63, 3.8) is 0 Å². The average molecular weight is 476 g/mol. The van der Waals surface area contributed by atoms with Crippen LogP contribution in [0.5, 0.6) is 0 Å². The van der Waals surface area contributed by atoms with Crippen LogP contribution in [-0.2, 0) is 16.0 Å². The molecule has 0 unspecified atom stereocenters. The van der Waals surface area contributed by atoms with Crippen molar-refractivity contribution in [1.82, 2.24) is 14.3 Å². The lowest BCUT2D eigenvalue weighted by molar-refractivity contribution is -0.150. The molecule has 2 aromatic carbocycles. The number of carbonyl (C=O) groups is 1. The first-order valence-electron chi connectivity index (χ1n) is 12.3. The van der Waals surface area contributed by atoms with Crippen LogP contribution >= 0.6 is 0 Å². The highest BCUT2D eigenvalue weighted by Gasteiger charge is 2.17. The third-order valence-corrected chi connectivity index (χ3v) is 6.53.